The summed E-state index contributed by atoms with van der Waals surface area (Å²) in [5.41, 5.74) is 1.42. The van der Waals surface area contributed by atoms with Crippen LogP contribution in [0, 0.1) is 11.8 Å². The lowest BCUT2D eigenvalue weighted by Gasteiger charge is -2.25. The third kappa shape index (κ3) is 3.12. The van der Waals surface area contributed by atoms with E-state index in [0.717, 1.165) is 19.4 Å². The zero-order valence-electron chi connectivity index (χ0n) is 8.62. The highest BCUT2D eigenvalue weighted by Gasteiger charge is 2.19. The van der Waals surface area contributed by atoms with E-state index in [2.05, 4.69) is 13.0 Å². The number of methoxy groups -OCH3 is 1. The Bertz CT molecular complexity index is 175. The average Bonchev–Trinajstić information content (AvgIpc) is 2.18. The van der Waals surface area contributed by atoms with E-state index in [4.69, 9.17) is 9.84 Å². The summed E-state index contributed by atoms with van der Waals surface area (Å²) in [5.74, 6) is 1.12. The van der Waals surface area contributed by atoms with Crippen LogP contribution in [0.4, 0.5) is 0 Å². The van der Waals surface area contributed by atoms with Gasteiger partial charge < -0.3 is 9.84 Å². The molecule has 0 bridgehead atoms. The Hall–Kier alpha value is -0.340. The van der Waals surface area contributed by atoms with Gasteiger partial charge in [-0.3, -0.25) is 0 Å². The third-order valence-electron chi connectivity index (χ3n) is 2.97. The fourth-order valence-corrected chi connectivity index (χ4v) is 1.89. The minimum Gasteiger partial charge on any atom is -0.396 e. The molecule has 0 spiro atoms. The zero-order chi connectivity index (χ0) is 9.68. The van der Waals surface area contributed by atoms with Crippen LogP contribution < -0.4 is 0 Å². The van der Waals surface area contributed by atoms with Crippen molar-refractivity contribution in [2.45, 2.75) is 26.2 Å². The molecule has 0 saturated carbocycles. The summed E-state index contributed by atoms with van der Waals surface area (Å²) in [6, 6.07) is 0. The van der Waals surface area contributed by atoms with Gasteiger partial charge in [0.1, 0.15) is 0 Å². The Kier molecular flexibility index (Phi) is 4.46. The van der Waals surface area contributed by atoms with Crippen molar-refractivity contribution in [3.8, 4) is 0 Å². The normalized spacial score (nSPS) is 25.5. The maximum absolute atomic E-state index is 9.01. The number of aliphatic hydroxyl groups excluding tert-OH is 1. The molecule has 0 fully saturated rings. The van der Waals surface area contributed by atoms with E-state index in [-0.39, 0.29) is 0 Å². The van der Waals surface area contributed by atoms with Gasteiger partial charge in [-0.25, -0.2) is 0 Å². The molecule has 0 radical (unpaired) electrons. The summed E-state index contributed by atoms with van der Waals surface area (Å²) in [7, 11) is 1.74. The lowest BCUT2D eigenvalue weighted by Crippen LogP contribution is -2.18. The van der Waals surface area contributed by atoms with Crippen molar-refractivity contribution in [3.05, 3.63) is 11.6 Å². The van der Waals surface area contributed by atoms with Crippen LogP contribution in [-0.2, 0) is 4.74 Å². The lowest BCUT2D eigenvalue weighted by molar-refractivity contribution is 0.174. The van der Waals surface area contributed by atoms with Gasteiger partial charge in [0.25, 0.3) is 0 Å². The van der Waals surface area contributed by atoms with Crippen molar-refractivity contribution >= 4 is 0 Å². The van der Waals surface area contributed by atoms with E-state index in [0.29, 0.717) is 18.4 Å². The molecule has 0 heterocycles. The van der Waals surface area contributed by atoms with Crippen molar-refractivity contribution in [1.82, 2.24) is 0 Å². The first kappa shape index (κ1) is 10.7. The van der Waals surface area contributed by atoms with E-state index in [1.54, 1.807) is 7.11 Å². The van der Waals surface area contributed by atoms with Crippen molar-refractivity contribution in [2.75, 3.05) is 20.3 Å². The Morgan fingerprint density at radius 3 is 2.92 bits per heavy atom. The quantitative estimate of drug-likeness (QED) is 0.677. The monoisotopic (exact) mass is 184 g/mol. The van der Waals surface area contributed by atoms with Crippen LogP contribution in [0.1, 0.15) is 26.2 Å². The second-order valence-electron chi connectivity index (χ2n) is 3.99. The number of aliphatic hydroxyl groups is 1. The number of rotatable bonds is 4. The van der Waals surface area contributed by atoms with Crippen molar-refractivity contribution in [2.24, 2.45) is 11.8 Å². The predicted molar refractivity (Wildman–Crippen MR) is 53.5 cm³/mol. The van der Waals surface area contributed by atoms with Crippen LogP contribution in [0.25, 0.3) is 0 Å². The van der Waals surface area contributed by atoms with Crippen LogP contribution in [0.15, 0.2) is 11.6 Å². The molecule has 1 aliphatic carbocycles. The van der Waals surface area contributed by atoms with Gasteiger partial charge in [0.05, 0.1) is 6.61 Å². The number of allylic oxidation sites excluding steroid dienone is 1. The molecule has 0 unspecified atom stereocenters. The zero-order valence-corrected chi connectivity index (χ0v) is 8.62. The first-order chi connectivity index (χ1) is 6.27. The largest absolute Gasteiger partial charge is 0.396 e. The first-order valence-corrected chi connectivity index (χ1v) is 5.05. The van der Waals surface area contributed by atoms with Crippen LogP contribution in [0.2, 0.25) is 0 Å². The van der Waals surface area contributed by atoms with Crippen molar-refractivity contribution in [1.29, 1.82) is 0 Å². The third-order valence-corrected chi connectivity index (χ3v) is 2.97. The second kappa shape index (κ2) is 5.40. The van der Waals surface area contributed by atoms with E-state index in [1.165, 1.54) is 12.0 Å². The summed E-state index contributed by atoms with van der Waals surface area (Å²) in [4.78, 5) is 0. The molecule has 1 aliphatic rings. The Labute approximate surface area is 80.6 Å². The van der Waals surface area contributed by atoms with E-state index < -0.39 is 0 Å². The van der Waals surface area contributed by atoms with Gasteiger partial charge in [0, 0.05) is 13.7 Å². The molecule has 0 amide bonds. The van der Waals surface area contributed by atoms with Crippen LogP contribution in [-0.4, -0.2) is 25.4 Å². The number of hydrogen-bond acceptors (Lipinski definition) is 2. The van der Waals surface area contributed by atoms with Crippen LogP contribution >= 0.6 is 0 Å². The summed E-state index contributed by atoms with van der Waals surface area (Å²) in [6.07, 6.45) is 5.74. The van der Waals surface area contributed by atoms with E-state index in [1.807, 2.05) is 0 Å². The van der Waals surface area contributed by atoms with Crippen molar-refractivity contribution in [3.63, 3.8) is 0 Å². The minimum absolute atomic E-state index is 0.318. The summed E-state index contributed by atoms with van der Waals surface area (Å²) in [5, 5.41) is 9.01. The van der Waals surface area contributed by atoms with Gasteiger partial charge in [-0.05, 0) is 36.7 Å². The summed E-state index contributed by atoms with van der Waals surface area (Å²) in [6.45, 7) is 3.22. The van der Waals surface area contributed by atoms with Crippen LogP contribution in [0.5, 0.6) is 0 Å². The Morgan fingerprint density at radius 1 is 1.69 bits per heavy atom. The van der Waals surface area contributed by atoms with Crippen LogP contribution in [0.3, 0.4) is 0 Å². The highest BCUT2D eigenvalue weighted by molar-refractivity contribution is 5.07. The molecule has 2 atom stereocenters. The SMILES string of the molecule is COCC1=CC[C@H]([C@@H](C)CO)CC1. The van der Waals surface area contributed by atoms with Gasteiger partial charge in [-0.1, -0.05) is 13.0 Å². The molecular formula is C11H20O2. The molecule has 2 heteroatoms. The van der Waals surface area contributed by atoms with E-state index in [9.17, 15) is 0 Å². The molecule has 2 nitrogen and oxygen atoms in total. The molecule has 0 aromatic rings. The van der Waals surface area contributed by atoms with E-state index >= 15 is 0 Å². The Morgan fingerprint density at radius 2 is 2.46 bits per heavy atom. The molecule has 76 valence electrons. The average molecular weight is 184 g/mol. The maximum Gasteiger partial charge on any atom is 0.0672 e. The standard InChI is InChI=1S/C11H20O2/c1-9(7-12)11-5-3-10(4-6-11)8-13-2/h3,9,11-12H,4-8H2,1-2H3/t9-,11-/m0/s1. The fourth-order valence-electron chi connectivity index (χ4n) is 1.89. The summed E-state index contributed by atoms with van der Waals surface area (Å²) >= 11 is 0. The molecule has 13 heavy (non-hydrogen) atoms. The number of hydrogen-bond donors (Lipinski definition) is 1. The molecule has 0 aromatic carbocycles. The highest BCUT2D eigenvalue weighted by Crippen LogP contribution is 2.29. The van der Waals surface area contributed by atoms with Gasteiger partial charge in [-0.2, -0.15) is 0 Å². The maximum atomic E-state index is 9.01. The van der Waals surface area contributed by atoms with Gasteiger partial charge >= 0.3 is 0 Å². The van der Waals surface area contributed by atoms with Crippen molar-refractivity contribution < 1.29 is 9.84 Å². The minimum atomic E-state index is 0.318. The number of ether oxygens (including phenoxy) is 1. The second-order valence-corrected chi connectivity index (χ2v) is 3.99. The fraction of sp³-hybridized carbons (Fsp3) is 0.818. The predicted octanol–water partition coefficient (Wildman–Crippen LogP) is 1.99. The molecule has 0 saturated heterocycles. The Balaban J connectivity index is 2.36. The molecular weight excluding hydrogens is 164 g/mol. The molecule has 1 rings (SSSR count). The molecule has 1 N–H and O–H groups in total. The molecule has 0 aliphatic heterocycles. The summed E-state index contributed by atoms with van der Waals surface area (Å²) < 4.78 is 5.09. The topological polar surface area (TPSA) is 29.5 Å². The first-order valence-electron chi connectivity index (χ1n) is 5.05. The van der Waals surface area contributed by atoms with Gasteiger partial charge in [-0.15, -0.1) is 0 Å². The van der Waals surface area contributed by atoms with Gasteiger partial charge in [0.15, 0.2) is 0 Å². The van der Waals surface area contributed by atoms with Gasteiger partial charge in [0.2, 0.25) is 0 Å². The smallest absolute Gasteiger partial charge is 0.0672 e. The highest BCUT2D eigenvalue weighted by atomic mass is 16.5. The molecule has 0 aromatic heterocycles. The lowest BCUT2D eigenvalue weighted by atomic mass is 9.82.